The second-order valence-electron chi connectivity index (χ2n) is 3.88. The number of hydrogen-bond donors (Lipinski definition) is 2. The number of likely N-dealkylation sites (N-methyl/N-ethyl adjacent to an activating group) is 1. The first-order valence-corrected chi connectivity index (χ1v) is 6.01. The number of ether oxygens (including phenoxy) is 1. The van der Waals surface area contributed by atoms with E-state index in [4.69, 9.17) is 4.74 Å². The van der Waals surface area contributed by atoms with Gasteiger partial charge in [-0.3, -0.25) is 0 Å². The van der Waals surface area contributed by atoms with Crippen LogP contribution in [0.1, 0.15) is 26.2 Å². The van der Waals surface area contributed by atoms with Gasteiger partial charge in [-0.1, -0.05) is 19.9 Å². The third-order valence-corrected chi connectivity index (χ3v) is 3.08. The molecule has 15 heavy (non-hydrogen) atoms. The van der Waals surface area contributed by atoms with Crippen LogP contribution in [0, 0.1) is 0 Å². The van der Waals surface area contributed by atoms with Crippen LogP contribution in [0.5, 0.6) is 0 Å². The van der Waals surface area contributed by atoms with E-state index in [-0.39, 0.29) is 6.10 Å². The SMILES string of the molecule is C=C(CCC)C1=C(S)CCOC1CNC. The molecule has 0 saturated carbocycles. The van der Waals surface area contributed by atoms with Gasteiger partial charge in [-0.05, 0) is 29.5 Å². The Balaban J connectivity index is 2.80. The van der Waals surface area contributed by atoms with Crippen molar-refractivity contribution < 1.29 is 4.74 Å². The Morgan fingerprint density at radius 3 is 3.00 bits per heavy atom. The summed E-state index contributed by atoms with van der Waals surface area (Å²) in [6.07, 6.45) is 3.20. The van der Waals surface area contributed by atoms with Gasteiger partial charge in [0.1, 0.15) is 0 Å². The number of thiol groups is 1. The molecule has 1 rings (SSSR count). The van der Waals surface area contributed by atoms with E-state index in [1.165, 1.54) is 11.1 Å². The summed E-state index contributed by atoms with van der Waals surface area (Å²) in [5, 5.41) is 3.15. The molecule has 0 bridgehead atoms. The van der Waals surface area contributed by atoms with Crippen LogP contribution in [0.25, 0.3) is 0 Å². The van der Waals surface area contributed by atoms with Gasteiger partial charge < -0.3 is 10.1 Å². The van der Waals surface area contributed by atoms with Crippen molar-refractivity contribution in [1.82, 2.24) is 5.32 Å². The number of hydrogen-bond acceptors (Lipinski definition) is 3. The van der Waals surface area contributed by atoms with Crippen LogP contribution in [-0.2, 0) is 4.74 Å². The van der Waals surface area contributed by atoms with E-state index in [0.29, 0.717) is 0 Å². The minimum absolute atomic E-state index is 0.135. The Kier molecular flexibility index (Phi) is 5.43. The smallest absolute Gasteiger partial charge is 0.0959 e. The molecular weight excluding hydrogens is 206 g/mol. The molecule has 1 N–H and O–H groups in total. The largest absolute Gasteiger partial charge is 0.372 e. The Morgan fingerprint density at radius 2 is 2.40 bits per heavy atom. The highest BCUT2D eigenvalue weighted by molar-refractivity contribution is 7.84. The van der Waals surface area contributed by atoms with Crippen molar-refractivity contribution in [2.24, 2.45) is 0 Å². The first-order chi connectivity index (χ1) is 7.20. The molecule has 0 aromatic heterocycles. The molecule has 0 amide bonds. The van der Waals surface area contributed by atoms with E-state index >= 15 is 0 Å². The van der Waals surface area contributed by atoms with Crippen molar-refractivity contribution in [2.75, 3.05) is 20.2 Å². The molecule has 0 aliphatic carbocycles. The molecule has 2 nitrogen and oxygen atoms in total. The highest BCUT2D eigenvalue weighted by Crippen LogP contribution is 2.30. The average Bonchev–Trinajstić information content (AvgIpc) is 2.18. The predicted octanol–water partition coefficient (Wildman–Crippen LogP) is 2.53. The normalized spacial score (nSPS) is 21.9. The van der Waals surface area contributed by atoms with Gasteiger partial charge in [0.05, 0.1) is 12.7 Å². The summed E-state index contributed by atoms with van der Waals surface area (Å²) < 4.78 is 5.74. The molecule has 86 valence electrons. The van der Waals surface area contributed by atoms with Gasteiger partial charge in [0.15, 0.2) is 0 Å². The van der Waals surface area contributed by atoms with Gasteiger partial charge in [0.25, 0.3) is 0 Å². The number of rotatable bonds is 5. The van der Waals surface area contributed by atoms with Gasteiger partial charge >= 0.3 is 0 Å². The molecule has 0 aromatic rings. The zero-order chi connectivity index (χ0) is 11.3. The monoisotopic (exact) mass is 227 g/mol. The molecule has 1 atom stereocenters. The van der Waals surface area contributed by atoms with E-state index in [1.807, 2.05) is 7.05 Å². The Labute approximate surface area is 98.2 Å². The van der Waals surface area contributed by atoms with Gasteiger partial charge in [0, 0.05) is 13.0 Å². The van der Waals surface area contributed by atoms with E-state index < -0.39 is 0 Å². The third-order valence-electron chi connectivity index (χ3n) is 2.61. The Bertz CT molecular complexity index is 260. The first-order valence-electron chi connectivity index (χ1n) is 5.57. The molecule has 1 heterocycles. The van der Waals surface area contributed by atoms with Crippen molar-refractivity contribution in [2.45, 2.75) is 32.3 Å². The molecule has 0 spiro atoms. The van der Waals surface area contributed by atoms with Crippen LogP contribution in [0.2, 0.25) is 0 Å². The number of nitrogens with one attached hydrogen (secondary N) is 1. The van der Waals surface area contributed by atoms with Crippen LogP contribution in [0.3, 0.4) is 0 Å². The third kappa shape index (κ3) is 3.37. The molecule has 3 heteroatoms. The lowest BCUT2D eigenvalue weighted by molar-refractivity contribution is 0.0724. The summed E-state index contributed by atoms with van der Waals surface area (Å²) in [5.41, 5.74) is 2.41. The molecular formula is C12H21NOS. The van der Waals surface area contributed by atoms with Crippen LogP contribution >= 0.6 is 12.6 Å². The fourth-order valence-electron chi connectivity index (χ4n) is 1.92. The van der Waals surface area contributed by atoms with Crippen molar-refractivity contribution >= 4 is 12.6 Å². The topological polar surface area (TPSA) is 21.3 Å². The standard InChI is InChI=1S/C12H21NOS/c1-4-5-9(2)12-10(8-13-3)14-7-6-11(12)15/h10,13,15H,2,4-8H2,1,3H3. The summed E-state index contributed by atoms with van der Waals surface area (Å²) in [7, 11) is 1.94. The molecule has 1 aliphatic heterocycles. The zero-order valence-corrected chi connectivity index (χ0v) is 10.6. The zero-order valence-electron chi connectivity index (χ0n) is 9.68. The lowest BCUT2D eigenvalue weighted by atomic mass is 9.95. The van der Waals surface area contributed by atoms with E-state index in [0.717, 1.165) is 37.3 Å². The van der Waals surface area contributed by atoms with Crippen LogP contribution < -0.4 is 5.32 Å². The minimum atomic E-state index is 0.135. The second kappa shape index (κ2) is 6.36. The lowest BCUT2D eigenvalue weighted by Gasteiger charge is -2.28. The second-order valence-corrected chi connectivity index (χ2v) is 4.42. The van der Waals surface area contributed by atoms with Crippen molar-refractivity contribution in [3.05, 3.63) is 22.6 Å². The van der Waals surface area contributed by atoms with Gasteiger partial charge in [-0.2, -0.15) is 0 Å². The Hall–Kier alpha value is -0.250. The maximum Gasteiger partial charge on any atom is 0.0959 e. The van der Waals surface area contributed by atoms with Gasteiger partial charge in [-0.25, -0.2) is 0 Å². The van der Waals surface area contributed by atoms with Crippen molar-refractivity contribution in [1.29, 1.82) is 0 Å². The molecule has 0 radical (unpaired) electrons. The molecule has 1 unspecified atom stereocenters. The fourth-order valence-corrected chi connectivity index (χ4v) is 2.31. The quantitative estimate of drug-likeness (QED) is 0.704. The summed E-state index contributed by atoms with van der Waals surface area (Å²) in [4.78, 5) is 1.15. The maximum atomic E-state index is 5.74. The predicted molar refractivity (Wildman–Crippen MR) is 68.3 cm³/mol. The van der Waals surface area contributed by atoms with E-state index in [9.17, 15) is 0 Å². The Morgan fingerprint density at radius 1 is 1.67 bits per heavy atom. The van der Waals surface area contributed by atoms with Crippen LogP contribution in [-0.4, -0.2) is 26.3 Å². The molecule has 1 aliphatic rings. The lowest BCUT2D eigenvalue weighted by Crippen LogP contribution is -2.32. The highest BCUT2D eigenvalue weighted by atomic mass is 32.1. The molecule has 0 fully saturated rings. The highest BCUT2D eigenvalue weighted by Gasteiger charge is 2.23. The van der Waals surface area contributed by atoms with Gasteiger partial charge in [-0.15, -0.1) is 12.6 Å². The van der Waals surface area contributed by atoms with Crippen LogP contribution in [0.15, 0.2) is 22.6 Å². The first kappa shape index (κ1) is 12.8. The van der Waals surface area contributed by atoms with E-state index in [2.05, 4.69) is 31.4 Å². The minimum Gasteiger partial charge on any atom is -0.372 e. The van der Waals surface area contributed by atoms with Crippen molar-refractivity contribution in [3.63, 3.8) is 0 Å². The van der Waals surface area contributed by atoms with Crippen molar-refractivity contribution in [3.8, 4) is 0 Å². The summed E-state index contributed by atoms with van der Waals surface area (Å²) in [6.45, 7) is 7.91. The maximum absolute atomic E-state index is 5.74. The summed E-state index contributed by atoms with van der Waals surface area (Å²) >= 11 is 4.55. The average molecular weight is 227 g/mol. The molecule has 0 saturated heterocycles. The summed E-state index contributed by atoms with van der Waals surface area (Å²) in [5.74, 6) is 0. The van der Waals surface area contributed by atoms with E-state index in [1.54, 1.807) is 0 Å². The van der Waals surface area contributed by atoms with Gasteiger partial charge in [0.2, 0.25) is 0 Å². The van der Waals surface area contributed by atoms with Crippen LogP contribution in [0.4, 0.5) is 0 Å². The summed E-state index contributed by atoms with van der Waals surface area (Å²) in [6, 6.07) is 0. The fraction of sp³-hybridized carbons (Fsp3) is 0.667. The molecule has 0 aromatic carbocycles.